The number of halogens is 3. The van der Waals surface area contributed by atoms with Crippen molar-refractivity contribution >= 4 is 29.7 Å². The van der Waals surface area contributed by atoms with E-state index in [9.17, 15) is 13.6 Å². The van der Waals surface area contributed by atoms with Crippen molar-refractivity contribution in [2.45, 2.75) is 44.9 Å². The van der Waals surface area contributed by atoms with Gasteiger partial charge < -0.3 is 15.0 Å². The number of alkyl halides is 2. The van der Waals surface area contributed by atoms with E-state index >= 15 is 0 Å². The minimum atomic E-state index is -2.91. The second-order valence-corrected chi connectivity index (χ2v) is 6.86. The number of hydrogen-bond donors (Lipinski definition) is 1. The molecule has 3 heterocycles. The molecule has 0 aliphatic carbocycles. The van der Waals surface area contributed by atoms with E-state index in [-0.39, 0.29) is 28.9 Å². The van der Waals surface area contributed by atoms with Crippen LogP contribution in [0.2, 0.25) is 0 Å². The zero-order chi connectivity index (χ0) is 15.0. The molecule has 0 saturated carbocycles. The predicted octanol–water partition coefficient (Wildman–Crippen LogP) is 3.05. The van der Waals surface area contributed by atoms with Gasteiger partial charge in [0, 0.05) is 30.1 Å². The standard InChI is InChI=1S/C14H18F2N2O2S.ClH/c1-8-6-11(20-14(15)16)12(21-8)13(19)18-5-4-9-2-3-10(7-18)17-9;/h6,9-10,14,17H,2-5,7H2,1H3;1H. The fourth-order valence-corrected chi connectivity index (χ4v) is 4.01. The van der Waals surface area contributed by atoms with E-state index in [1.54, 1.807) is 11.8 Å². The van der Waals surface area contributed by atoms with Gasteiger partial charge in [-0.05, 0) is 32.3 Å². The Morgan fingerprint density at radius 3 is 2.86 bits per heavy atom. The Labute approximate surface area is 138 Å². The maximum Gasteiger partial charge on any atom is 0.387 e. The quantitative estimate of drug-likeness (QED) is 0.909. The van der Waals surface area contributed by atoms with Gasteiger partial charge in [-0.3, -0.25) is 4.79 Å². The number of aryl methyl sites for hydroxylation is 1. The van der Waals surface area contributed by atoms with Crippen molar-refractivity contribution in [2.75, 3.05) is 13.1 Å². The summed E-state index contributed by atoms with van der Waals surface area (Å²) >= 11 is 1.21. The monoisotopic (exact) mass is 352 g/mol. The van der Waals surface area contributed by atoms with Gasteiger partial charge in [0.2, 0.25) is 0 Å². The molecule has 2 unspecified atom stereocenters. The zero-order valence-corrected chi connectivity index (χ0v) is 13.8. The molecule has 0 aromatic carbocycles. The van der Waals surface area contributed by atoms with Gasteiger partial charge in [-0.1, -0.05) is 0 Å². The molecule has 2 saturated heterocycles. The first-order valence-electron chi connectivity index (χ1n) is 7.13. The number of carbonyl (C=O) groups is 1. The summed E-state index contributed by atoms with van der Waals surface area (Å²) in [6, 6.07) is 2.31. The molecule has 2 bridgehead atoms. The molecule has 1 amide bonds. The van der Waals surface area contributed by atoms with Crippen molar-refractivity contribution in [3.05, 3.63) is 15.8 Å². The summed E-state index contributed by atoms with van der Waals surface area (Å²) in [4.78, 5) is 15.5. The minimum absolute atomic E-state index is 0. The van der Waals surface area contributed by atoms with Gasteiger partial charge in [-0.25, -0.2) is 0 Å². The summed E-state index contributed by atoms with van der Waals surface area (Å²) in [5, 5.41) is 3.50. The number of nitrogens with one attached hydrogen (secondary N) is 1. The van der Waals surface area contributed by atoms with E-state index in [1.807, 2.05) is 0 Å². The highest BCUT2D eigenvalue weighted by Crippen LogP contribution is 2.32. The molecule has 3 rings (SSSR count). The number of carbonyl (C=O) groups excluding carboxylic acids is 1. The van der Waals surface area contributed by atoms with E-state index < -0.39 is 6.61 Å². The van der Waals surface area contributed by atoms with E-state index in [0.717, 1.165) is 24.1 Å². The number of rotatable bonds is 3. The lowest BCUT2D eigenvalue weighted by molar-refractivity contribution is -0.0499. The van der Waals surface area contributed by atoms with Crippen molar-refractivity contribution < 1.29 is 18.3 Å². The molecule has 2 aliphatic rings. The SMILES string of the molecule is Cc1cc(OC(F)F)c(C(=O)N2CCC3CCC(C2)N3)s1.Cl. The summed E-state index contributed by atoms with van der Waals surface area (Å²) in [5.41, 5.74) is 0. The molecule has 8 heteroatoms. The maximum atomic E-state index is 12.6. The number of amides is 1. The van der Waals surface area contributed by atoms with Crippen LogP contribution in [-0.2, 0) is 0 Å². The van der Waals surface area contributed by atoms with Crippen LogP contribution in [0, 0.1) is 6.92 Å². The second-order valence-electron chi connectivity index (χ2n) is 5.61. The maximum absolute atomic E-state index is 12.6. The Hall–Kier alpha value is -0.920. The Morgan fingerprint density at radius 1 is 1.41 bits per heavy atom. The number of fused-ring (bicyclic) bond motifs is 2. The smallest absolute Gasteiger partial charge is 0.387 e. The first-order valence-corrected chi connectivity index (χ1v) is 7.95. The zero-order valence-electron chi connectivity index (χ0n) is 12.2. The molecule has 2 atom stereocenters. The number of nitrogens with zero attached hydrogens (tertiary/aromatic N) is 1. The number of thiophene rings is 1. The number of ether oxygens (including phenoxy) is 1. The highest BCUT2D eigenvalue weighted by atomic mass is 35.5. The molecule has 0 spiro atoms. The Balaban J connectivity index is 0.00000176. The van der Waals surface area contributed by atoms with Crippen LogP contribution in [-0.4, -0.2) is 42.6 Å². The molecule has 1 aromatic heterocycles. The van der Waals surface area contributed by atoms with Crippen LogP contribution in [0.5, 0.6) is 5.75 Å². The van der Waals surface area contributed by atoms with Gasteiger partial charge in [0.1, 0.15) is 10.6 Å². The van der Waals surface area contributed by atoms with Gasteiger partial charge in [0.05, 0.1) is 0 Å². The average Bonchev–Trinajstić information content (AvgIpc) is 2.91. The van der Waals surface area contributed by atoms with Crippen LogP contribution >= 0.6 is 23.7 Å². The summed E-state index contributed by atoms with van der Waals surface area (Å²) < 4.78 is 29.4. The lowest BCUT2D eigenvalue weighted by atomic mass is 10.1. The van der Waals surface area contributed by atoms with Crippen molar-refractivity contribution in [3.63, 3.8) is 0 Å². The number of likely N-dealkylation sites (tertiary alicyclic amines) is 1. The van der Waals surface area contributed by atoms with Crippen LogP contribution in [0.3, 0.4) is 0 Å². The largest absolute Gasteiger partial charge is 0.433 e. The molecular weight excluding hydrogens is 334 g/mol. The third-order valence-electron chi connectivity index (χ3n) is 4.04. The Morgan fingerprint density at radius 2 is 2.14 bits per heavy atom. The van der Waals surface area contributed by atoms with Gasteiger partial charge >= 0.3 is 6.61 Å². The summed E-state index contributed by atoms with van der Waals surface area (Å²) in [5.74, 6) is -0.196. The minimum Gasteiger partial charge on any atom is -0.433 e. The summed E-state index contributed by atoms with van der Waals surface area (Å²) in [6.07, 6.45) is 3.14. The van der Waals surface area contributed by atoms with E-state index in [0.29, 0.717) is 25.2 Å². The van der Waals surface area contributed by atoms with E-state index in [1.165, 1.54) is 17.4 Å². The van der Waals surface area contributed by atoms with Crippen molar-refractivity contribution in [2.24, 2.45) is 0 Å². The molecule has 1 N–H and O–H groups in total. The summed E-state index contributed by atoms with van der Waals surface area (Å²) in [6.45, 7) is 0.178. The molecule has 124 valence electrons. The Kier molecular flexibility index (Phi) is 5.63. The normalized spacial score (nSPS) is 24.1. The first-order chi connectivity index (χ1) is 10.0. The van der Waals surface area contributed by atoms with Gasteiger partial charge in [0.15, 0.2) is 0 Å². The second kappa shape index (κ2) is 7.10. The van der Waals surface area contributed by atoms with Crippen LogP contribution in [0.4, 0.5) is 8.78 Å². The van der Waals surface area contributed by atoms with Gasteiger partial charge in [-0.2, -0.15) is 8.78 Å². The first kappa shape index (κ1) is 17.4. The predicted molar refractivity (Wildman–Crippen MR) is 83.4 cm³/mol. The van der Waals surface area contributed by atoms with Gasteiger partial charge in [-0.15, -0.1) is 23.7 Å². The topological polar surface area (TPSA) is 41.6 Å². The van der Waals surface area contributed by atoms with Crippen molar-refractivity contribution in [1.29, 1.82) is 0 Å². The van der Waals surface area contributed by atoms with Crippen LogP contribution < -0.4 is 10.1 Å². The molecule has 4 nitrogen and oxygen atoms in total. The third kappa shape index (κ3) is 3.70. The molecule has 2 fully saturated rings. The third-order valence-corrected chi connectivity index (χ3v) is 5.06. The van der Waals surface area contributed by atoms with E-state index in [2.05, 4.69) is 10.1 Å². The number of hydrogen-bond acceptors (Lipinski definition) is 4. The highest BCUT2D eigenvalue weighted by Gasteiger charge is 2.33. The molecule has 22 heavy (non-hydrogen) atoms. The van der Waals surface area contributed by atoms with Crippen LogP contribution in [0.15, 0.2) is 6.07 Å². The van der Waals surface area contributed by atoms with E-state index in [4.69, 9.17) is 0 Å². The van der Waals surface area contributed by atoms with Crippen molar-refractivity contribution in [1.82, 2.24) is 10.2 Å². The van der Waals surface area contributed by atoms with Crippen LogP contribution in [0.25, 0.3) is 0 Å². The lowest BCUT2D eigenvalue weighted by Crippen LogP contribution is -2.38. The van der Waals surface area contributed by atoms with Gasteiger partial charge in [0.25, 0.3) is 5.91 Å². The molecule has 1 aromatic rings. The molecular formula is C14H19ClF2N2O2S. The average molecular weight is 353 g/mol. The fraction of sp³-hybridized carbons (Fsp3) is 0.643. The highest BCUT2D eigenvalue weighted by molar-refractivity contribution is 7.14. The van der Waals surface area contributed by atoms with Crippen molar-refractivity contribution in [3.8, 4) is 5.75 Å². The lowest BCUT2D eigenvalue weighted by Gasteiger charge is -2.24. The molecule has 0 radical (unpaired) electrons. The summed E-state index contributed by atoms with van der Waals surface area (Å²) in [7, 11) is 0. The van der Waals surface area contributed by atoms with Crippen LogP contribution in [0.1, 0.15) is 33.8 Å². The fourth-order valence-electron chi connectivity index (χ4n) is 3.09. The Bertz CT molecular complexity index is 541. The molecule has 2 aliphatic heterocycles.